The van der Waals surface area contributed by atoms with Crippen molar-refractivity contribution in [3.63, 3.8) is 0 Å². The molecule has 2 heterocycles. The van der Waals surface area contributed by atoms with E-state index in [-0.39, 0.29) is 29.5 Å². The summed E-state index contributed by atoms with van der Waals surface area (Å²) in [6, 6.07) is 11.2. The number of nitrogens with one attached hydrogen (secondary N) is 2. The van der Waals surface area contributed by atoms with E-state index in [1.54, 1.807) is 6.92 Å². The van der Waals surface area contributed by atoms with Crippen LogP contribution in [-0.4, -0.2) is 47.5 Å². The zero-order chi connectivity index (χ0) is 26.5. The SMILES string of the molecule is Cc1nnc(NC(=O)CSc2nnc(CNC(=O)c3ccc([N+](=O)[O-])cc3)n2-c2cccc(C)c2C)s1. The van der Waals surface area contributed by atoms with Gasteiger partial charge in [0.15, 0.2) is 11.0 Å². The molecule has 0 bridgehead atoms. The highest BCUT2D eigenvalue weighted by Crippen LogP contribution is 2.26. The number of non-ortho nitro benzene ring substituents is 1. The molecule has 14 heteroatoms. The lowest BCUT2D eigenvalue weighted by Gasteiger charge is -2.14. The van der Waals surface area contributed by atoms with E-state index in [2.05, 4.69) is 31.0 Å². The predicted octanol–water partition coefficient (Wildman–Crippen LogP) is 3.61. The molecule has 0 aliphatic carbocycles. The van der Waals surface area contributed by atoms with Crippen molar-refractivity contribution in [2.24, 2.45) is 0 Å². The summed E-state index contributed by atoms with van der Waals surface area (Å²) < 4.78 is 1.81. The van der Waals surface area contributed by atoms with E-state index in [1.807, 2.05) is 36.6 Å². The van der Waals surface area contributed by atoms with Gasteiger partial charge in [0.05, 0.1) is 22.9 Å². The number of amides is 2. The Morgan fingerprint density at radius 3 is 2.49 bits per heavy atom. The number of thioether (sulfide) groups is 1. The number of hydrogen-bond acceptors (Lipinski definition) is 10. The highest BCUT2D eigenvalue weighted by atomic mass is 32.2. The largest absolute Gasteiger partial charge is 0.345 e. The minimum absolute atomic E-state index is 0.0486. The molecule has 0 spiro atoms. The molecule has 12 nitrogen and oxygen atoms in total. The molecule has 37 heavy (non-hydrogen) atoms. The first-order valence-electron chi connectivity index (χ1n) is 11.0. The van der Waals surface area contributed by atoms with E-state index in [9.17, 15) is 19.7 Å². The summed E-state index contributed by atoms with van der Waals surface area (Å²) in [5.41, 5.74) is 3.07. The van der Waals surface area contributed by atoms with Gasteiger partial charge < -0.3 is 5.32 Å². The van der Waals surface area contributed by atoms with Gasteiger partial charge in [0.1, 0.15) is 5.01 Å². The molecule has 2 aromatic carbocycles. The predicted molar refractivity (Wildman–Crippen MR) is 139 cm³/mol. The zero-order valence-electron chi connectivity index (χ0n) is 20.1. The molecule has 2 amide bonds. The summed E-state index contributed by atoms with van der Waals surface area (Å²) in [5.74, 6) is -0.140. The average molecular weight is 539 g/mol. The van der Waals surface area contributed by atoms with Crippen LogP contribution in [0.2, 0.25) is 0 Å². The lowest BCUT2D eigenvalue weighted by atomic mass is 10.1. The van der Waals surface area contributed by atoms with Crippen LogP contribution in [0.15, 0.2) is 47.6 Å². The Labute approximate surface area is 219 Å². The average Bonchev–Trinajstić information content (AvgIpc) is 3.48. The van der Waals surface area contributed by atoms with Gasteiger partial charge in [-0.3, -0.25) is 29.6 Å². The topological polar surface area (TPSA) is 158 Å². The second-order valence-electron chi connectivity index (χ2n) is 7.90. The van der Waals surface area contributed by atoms with Crippen molar-refractivity contribution in [2.75, 3.05) is 11.1 Å². The summed E-state index contributed by atoms with van der Waals surface area (Å²) in [6.07, 6.45) is 0. The van der Waals surface area contributed by atoms with Crippen molar-refractivity contribution in [2.45, 2.75) is 32.5 Å². The maximum atomic E-state index is 12.7. The smallest absolute Gasteiger partial charge is 0.269 e. The van der Waals surface area contributed by atoms with Gasteiger partial charge in [-0.2, -0.15) is 0 Å². The molecule has 0 aliphatic heterocycles. The van der Waals surface area contributed by atoms with Gasteiger partial charge in [0, 0.05) is 17.7 Å². The molecular weight excluding hydrogens is 516 g/mol. The first-order valence-corrected chi connectivity index (χ1v) is 12.8. The number of aromatic nitrogens is 5. The Balaban J connectivity index is 1.53. The first-order chi connectivity index (χ1) is 17.7. The molecule has 2 aromatic heterocycles. The second kappa shape index (κ2) is 11.3. The van der Waals surface area contributed by atoms with Gasteiger partial charge in [-0.25, -0.2) is 0 Å². The maximum Gasteiger partial charge on any atom is 0.269 e. The van der Waals surface area contributed by atoms with E-state index < -0.39 is 10.8 Å². The highest BCUT2D eigenvalue weighted by Gasteiger charge is 2.19. The number of hydrogen-bond donors (Lipinski definition) is 2. The Kier molecular flexibility index (Phi) is 7.89. The fraction of sp³-hybridized carbons (Fsp3) is 0.217. The van der Waals surface area contributed by atoms with E-state index in [0.29, 0.717) is 16.1 Å². The van der Waals surface area contributed by atoms with E-state index in [1.165, 1.54) is 47.4 Å². The Morgan fingerprint density at radius 1 is 1.05 bits per heavy atom. The molecule has 0 atom stereocenters. The third kappa shape index (κ3) is 6.16. The van der Waals surface area contributed by atoms with Crippen molar-refractivity contribution in [1.29, 1.82) is 0 Å². The van der Waals surface area contributed by atoms with Gasteiger partial charge in [0.2, 0.25) is 11.0 Å². The molecule has 0 saturated carbocycles. The van der Waals surface area contributed by atoms with Gasteiger partial charge in [-0.05, 0) is 50.1 Å². The van der Waals surface area contributed by atoms with Gasteiger partial charge >= 0.3 is 0 Å². The van der Waals surface area contributed by atoms with Crippen LogP contribution in [-0.2, 0) is 11.3 Å². The summed E-state index contributed by atoms with van der Waals surface area (Å²) in [6.45, 7) is 5.82. The van der Waals surface area contributed by atoms with Crippen LogP contribution in [0.3, 0.4) is 0 Å². The van der Waals surface area contributed by atoms with Crippen molar-refractivity contribution >= 4 is 45.7 Å². The number of aryl methyl sites for hydroxylation is 2. The number of nitro benzene ring substituents is 1. The standard InChI is InChI=1S/C23H22N8O4S2/c1-13-5-4-6-18(14(13)2)30-19(11-24-21(33)16-7-9-17(10-8-16)31(34)35)27-29-23(30)36-12-20(32)25-22-28-26-15(3)37-22/h4-10H,11-12H2,1-3H3,(H,24,33)(H,25,28,32). The fourth-order valence-corrected chi connectivity index (χ4v) is 4.73. The summed E-state index contributed by atoms with van der Waals surface area (Å²) in [5, 5.41) is 34.4. The molecule has 0 saturated heterocycles. The van der Waals surface area contributed by atoms with Crippen molar-refractivity contribution in [3.8, 4) is 5.69 Å². The fourth-order valence-electron chi connectivity index (χ4n) is 3.36. The van der Waals surface area contributed by atoms with Crippen LogP contribution in [0.25, 0.3) is 5.69 Å². The summed E-state index contributed by atoms with van der Waals surface area (Å²) >= 11 is 2.49. The number of benzene rings is 2. The van der Waals surface area contributed by atoms with Crippen molar-refractivity contribution in [1.82, 2.24) is 30.3 Å². The number of carbonyl (C=O) groups excluding carboxylic acids is 2. The van der Waals surface area contributed by atoms with Crippen LogP contribution in [0.5, 0.6) is 0 Å². The van der Waals surface area contributed by atoms with E-state index >= 15 is 0 Å². The first kappa shape index (κ1) is 25.9. The number of carbonyl (C=O) groups is 2. The summed E-state index contributed by atoms with van der Waals surface area (Å²) in [7, 11) is 0. The van der Waals surface area contributed by atoms with E-state index in [0.717, 1.165) is 21.8 Å². The second-order valence-corrected chi connectivity index (χ2v) is 10.0. The Morgan fingerprint density at radius 2 is 1.81 bits per heavy atom. The molecule has 190 valence electrons. The molecule has 0 aliphatic rings. The monoisotopic (exact) mass is 538 g/mol. The van der Waals surface area contributed by atoms with Crippen LogP contribution >= 0.6 is 23.1 Å². The lowest BCUT2D eigenvalue weighted by Crippen LogP contribution is -2.24. The molecule has 4 aromatic rings. The molecular formula is C23H22N8O4S2. The Bertz CT molecular complexity index is 1470. The van der Waals surface area contributed by atoms with Crippen LogP contribution in [0, 0.1) is 30.9 Å². The maximum absolute atomic E-state index is 12.7. The third-order valence-electron chi connectivity index (χ3n) is 5.37. The molecule has 0 unspecified atom stereocenters. The number of nitro groups is 1. The third-order valence-corrected chi connectivity index (χ3v) is 7.05. The quantitative estimate of drug-likeness (QED) is 0.184. The van der Waals surface area contributed by atoms with E-state index in [4.69, 9.17) is 0 Å². The molecule has 0 fully saturated rings. The van der Waals surface area contributed by atoms with Gasteiger partial charge in [-0.15, -0.1) is 20.4 Å². The van der Waals surface area contributed by atoms with Crippen LogP contribution in [0.4, 0.5) is 10.8 Å². The van der Waals surface area contributed by atoms with Gasteiger partial charge in [0.25, 0.3) is 11.6 Å². The van der Waals surface area contributed by atoms with Crippen molar-refractivity contribution < 1.29 is 14.5 Å². The van der Waals surface area contributed by atoms with Crippen LogP contribution < -0.4 is 10.6 Å². The zero-order valence-corrected chi connectivity index (χ0v) is 21.7. The summed E-state index contributed by atoms with van der Waals surface area (Å²) in [4.78, 5) is 35.5. The number of anilines is 1. The number of rotatable bonds is 9. The minimum Gasteiger partial charge on any atom is -0.345 e. The normalized spacial score (nSPS) is 10.8. The van der Waals surface area contributed by atoms with Crippen molar-refractivity contribution in [3.05, 3.63) is 80.1 Å². The highest BCUT2D eigenvalue weighted by molar-refractivity contribution is 7.99. The van der Waals surface area contributed by atoms with Gasteiger partial charge in [-0.1, -0.05) is 35.2 Å². The van der Waals surface area contributed by atoms with Crippen LogP contribution in [0.1, 0.15) is 32.3 Å². The minimum atomic E-state index is -0.525. The molecule has 2 N–H and O–H groups in total. The molecule has 0 radical (unpaired) electrons. The lowest BCUT2D eigenvalue weighted by molar-refractivity contribution is -0.384. The molecule has 4 rings (SSSR count). The Hall–Kier alpha value is -4.17. The number of nitrogens with zero attached hydrogens (tertiary/aromatic N) is 6.